The molecule has 4 nitrogen and oxygen atoms in total. The Morgan fingerprint density at radius 3 is 2.85 bits per heavy atom. The molecule has 4 heteroatoms. The summed E-state index contributed by atoms with van der Waals surface area (Å²) in [4.78, 5) is 9.70. The highest BCUT2D eigenvalue weighted by molar-refractivity contribution is 5.47. The first-order valence-electron chi connectivity index (χ1n) is 7.87. The maximum atomic E-state index is 5.87. The average Bonchev–Trinajstić information content (AvgIpc) is 2.46. The molecule has 1 aromatic rings. The number of nitrogens with zero attached hydrogens (tertiary/aromatic N) is 3. The Morgan fingerprint density at radius 1 is 1.30 bits per heavy atom. The number of fused-ring (bicyclic) bond motifs is 1. The van der Waals surface area contributed by atoms with Gasteiger partial charge in [-0.2, -0.15) is 0 Å². The predicted molar refractivity (Wildman–Crippen MR) is 82.9 cm³/mol. The summed E-state index contributed by atoms with van der Waals surface area (Å²) in [7, 11) is 0. The monoisotopic (exact) mass is 274 g/mol. The van der Waals surface area contributed by atoms with E-state index in [1.54, 1.807) is 0 Å². The van der Waals surface area contributed by atoms with Crippen molar-refractivity contribution in [2.75, 3.05) is 24.5 Å². The fraction of sp³-hybridized carbons (Fsp3) is 0.688. The van der Waals surface area contributed by atoms with Crippen LogP contribution in [0.4, 0.5) is 5.69 Å². The van der Waals surface area contributed by atoms with E-state index < -0.39 is 0 Å². The molecule has 0 aliphatic carbocycles. The maximum Gasteiger partial charge on any atom is 0.0569 e. The van der Waals surface area contributed by atoms with Crippen LogP contribution in [0.3, 0.4) is 0 Å². The van der Waals surface area contributed by atoms with E-state index in [-0.39, 0.29) is 6.04 Å². The van der Waals surface area contributed by atoms with Gasteiger partial charge >= 0.3 is 0 Å². The van der Waals surface area contributed by atoms with Gasteiger partial charge in [0.15, 0.2) is 0 Å². The number of rotatable bonds is 2. The first-order chi connectivity index (χ1) is 9.65. The van der Waals surface area contributed by atoms with Gasteiger partial charge in [0.1, 0.15) is 0 Å². The molecule has 3 unspecified atom stereocenters. The largest absolute Gasteiger partial charge is 0.365 e. The van der Waals surface area contributed by atoms with Gasteiger partial charge in [-0.15, -0.1) is 0 Å². The zero-order valence-electron chi connectivity index (χ0n) is 12.6. The van der Waals surface area contributed by atoms with Crippen LogP contribution < -0.4 is 10.6 Å². The van der Waals surface area contributed by atoms with Crippen molar-refractivity contribution in [2.45, 2.75) is 51.2 Å². The van der Waals surface area contributed by atoms with E-state index >= 15 is 0 Å². The number of pyridine rings is 1. The fourth-order valence-electron chi connectivity index (χ4n) is 3.55. The molecule has 1 aromatic heterocycles. The molecule has 2 fully saturated rings. The quantitative estimate of drug-likeness (QED) is 0.897. The standard InChI is InChI=1S/C16H26N4/c1-12-10-19-8-4-3-5-15(19)11-20(12)14-6-7-16(13(2)17)18-9-14/h6-7,9,12-13,15H,3-5,8,10-11,17H2,1-2H3. The highest BCUT2D eigenvalue weighted by Crippen LogP contribution is 2.28. The molecule has 110 valence electrons. The third kappa shape index (κ3) is 2.67. The molecule has 0 saturated carbocycles. The van der Waals surface area contributed by atoms with E-state index in [9.17, 15) is 0 Å². The molecule has 2 N–H and O–H groups in total. The number of hydrogen-bond donors (Lipinski definition) is 1. The van der Waals surface area contributed by atoms with Crippen LogP contribution in [0.5, 0.6) is 0 Å². The molecule has 20 heavy (non-hydrogen) atoms. The molecule has 0 spiro atoms. The smallest absolute Gasteiger partial charge is 0.0569 e. The van der Waals surface area contributed by atoms with Crippen molar-refractivity contribution in [1.29, 1.82) is 0 Å². The molecule has 2 aliphatic heterocycles. The Labute approximate surface area is 122 Å². The van der Waals surface area contributed by atoms with E-state index in [2.05, 4.69) is 33.8 Å². The van der Waals surface area contributed by atoms with Crippen molar-refractivity contribution in [3.05, 3.63) is 24.0 Å². The van der Waals surface area contributed by atoms with Gasteiger partial charge in [0.2, 0.25) is 0 Å². The first-order valence-corrected chi connectivity index (χ1v) is 7.87. The summed E-state index contributed by atoms with van der Waals surface area (Å²) in [5.41, 5.74) is 8.09. The van der Waals surface area contributed by atoms with Gasteiger partial charge < -0.3 is 10.6 Å². The lowest BCUT2D eigenvalue weighted by Crippen LogP contribution is -2.58. The molecule has 3 atom stereocenters. The average molecular weight is 274 g/mol. The highest BCUT2D eigenvalue weighted by Gasteiger charge is 2.33. The summed E-state index contributed by atoms with van der Waals surface area (Å²) in [6.07, 6.45) is 6.08. The molecule has 2 saturated heterocycles. The first kappa shape index (κ1) is 13.8. The van der Waals surface area contributed by atoms with E-state index in [0.29, 0.717) is 6.04 Å². The van der Waals surface area contributed by atoms with E-state index in [1.165, 1.54) is 38.0 Å². The van der Waals surface area contributed by atoms with Crippen LogP contribution in [0.1, 0.15) is 44.8 Å². The van der Waals surface area contributed by atoms with Gasteiger partial charge in [0, 0.05) is 31.2 Å². The predicted octanol–water partition coefficient (Wildman–Crippen LogP) is 2.16. The Hall–Kier alpha value is -1.13. The lowest BCUT2D eigenvalue weighted by molar-refractivity contribution is 0.115. The van der Waals surface area contributed by atoms with Crippen molar-refractivity contribution in [3.8, 4) is 0 Å². The van der Waals surface area contributed by atoms with Crippen LogP contribution in [-0.2, 0) is 0 Å². The third-order valence-electron chi connectivity index (χ3n) is 4.76. The number of nitrogens with two attached hydrogens (primary N) is 1. The topological polar surface area (TPSA) is 45.4 Å². The number of anilines is 1. The summed E-state index contributed by atoms with van der Waals surface area (Å²) in [6.45, 7) is 7.90. The Morgan fingerprint density at radius 2 is 2.15 bits per heavy atom. The molecule has 0 aromatic carbocycles. The highest BCUT2D eigenvalue weighted by atomic mass is 15.3. The van der Waals surface area contributed by atoms with Crippen LogP contribution in [0.25, 0.3) is 0 Å². The van der Waals surface area contributed by atoms with E-state index in [4.69, 9.17) is 5.73 Å². The summed E-state index contributed by atoms with van der Waals surface area (Å²) < 4.78 is 0. The normalized spacial score (nSPS) is 29.1. The fourth-order valence-corrected chi connectivity index (χ4v) is 3.55. The summed E-state index contributed by atoms with van der Waals surface area (Å²) >= 11 is 0. The lowest BCUT2D eigenvalue weighted by Gasteiger charge is -2.48. The van der Waals surface area contributed by atoms with Crippen LogP contribution in [0.15, 0.2) is 18.3 Å². The zero-order valence-corrected chi connectivity index (χ0v) is 12.6. The third-order valence-corrected chi connectivity index (χ3v) is 4.76. The molecular weight excluding hydrogens is 248 g/mol. The molecular formula is C16H26N4. The number of hydrogen-bond acceptors (Lipinski definition) is 4. The van der Waals surface area contributed by atoms with Crippen LogP contribution >= 0.6 is 0 Å². The van der Waals surface area contributed by atoms with Crippen molar-refractivity contribution >= 4 is 5.69 Å². The minimum Gasteiger partial charge on any atom is -0.365 e. The molecule has 3 heterocycles. The van der Waals surface area contributed by atoms with Crippen LogP contribution in [-0.4, -0.2) is 41.6 Å². The number of aromatic nitrogens is 1. The van der Waals surface area contributed by atoms with Gasteiger partial charge in [-0.05, 0) is 45.4 Å². The second-order valence-electron chi connectivity index (χ2n) is 6.38. The molecule has 3 rings (SSSR count). The van der Waals surface area contributed by atoms with Gasteiger partial charge in [-0.25, -0.2) is 0 Å². The van der Waals surface area contributed by atoms with Gasteiger partial charge in [-0.1, -0.05) is 6.42 Å². The minimum absolute atomic E-state index is 0.0108. The minimum atomic E-state index is 0.0108. The molecule has 0 amide bonds. The molecule has 0 radical (unpaired) electrons. The second-order valence-corrected chi connectivity index (χ2v) is 6.38. The summed E-state index contributed by atoms with van der Waals surface area (Å²) in [5.74, 6) is 0. The van der Waals surface area contributed by atoms with Crippen molar-refractivity contribution in [3.63, 3.8) is 0 Å². The van der Waals surface area contributed by atoms with E-state index in [0.717, 1.165) is 18.3 Å². The molecule has 2 aliphatic rings. The van der Waals surface area contributed by atoms with Gasteiger partial charge in [-0.3, -0.25) is 9.88 Å². The second kappa shape index (κ2) is 5.70. The Kier molecular flexibility index (Phi) is 3.94. The number of piperidine rings is 1. The van der Waals surface area contributed by atoms with Crippen molar-refractivity contribution in [2.24, 2.45) is 5.73 Å². The van der Waals surface area contributed by atoms with Crippen molar-refractivity contribution in [1.82, 2.24) is 9.88 Å². The Balaban J connectivity index is 1.75. The van der Waals surface area contributed by atoms with Crippen LogP contribution in [0.2, 0.25) is 0 Å². The SMILES string of the molecule is CC(N)c1ccc(N2CC3CCCCN3CC2C)cn1. The van der Waals surface area contributed by atoms with Gasteiger partial charge in [0.05, 0.1) is 17.6 Å². The van der Waals surface area contributed by atoms with Crippen molar-refractivity contribution < 1.29 is 0 Å². The Bertz CT molecular complexity index is 442. The maximum absolute atomic E-state index is 5.87. The summed E-state index contributed by atoms with van der Waals surface area (Å²) in [6, 6.07) is 5.55. The zero-order chi connectivity index (χ0) is 14.1. The van der Waals surface area contributed by atoms with Gasteiger partial charge in [0.25, 0.3) is 0 Å². The number of piperazine rings is 1. The lowest BCUT2D eigenvalue weighted by atomic mass is 9.97. The molecule has 0 bridgehead atoms. The van der Waals surface area contributed by atoms with E-state index in [1.807, 2.05) is 13.1 Å². The summed E-state index contributed by atoms with van der Waals surface area (Å²) in [5, 5.41) is 0. The van der Waals surface area contributed by atoms with Crippen LogP contribution in [0, 0.1) is 0 Å².